The number of hydrogen-bond donors (Lipinski definition) is 1. The molecule has 1 N–H and O–H groups in total. The Balaban J connectivity index is 1.53. The van der Waals surface area contributed by atoms with Crippen molar-refractivity contribution in [1.82, 2.24) is 9.55 Å². The number of halogens is 2. The van der Waals surface area contributed by atoms with Gasteiger partial charge in [0.05, 0.1) is 11.0 Å². The van der Waals surface area contributed by atoms with Gasteiger partial charge < -0.3 is 9.88 Å². The van der Waals surface area contributed by atoms with Gasteiger partial charge in [-0.3, -0.25) is 4.79 Å². The minimum absolute atomic E-state index is 0.165. The number of rotatable bonds is 6. The lowest BCUT2D eigenvalue weighted by Gasteiger charge is -2.10. The number of aromatic nitrogens is 2. The zero-order valence-corrected chi connectivity index (χ0v) is 15.6. The Bertz CT molecular complexity index is 1140. The monoisotopic (exact) mass is 391 g/mol. The molecular formula is C23H19F2N3O. The van der Waals surface area contributed by atoms with Gasteiger partial charge in [-0.25, -0.2) is 13.8 Å². The average Bonchev–Trinajstić information content (AvgIpc) is 3.07. The first-order chi connectivity index (χ1) is 14.1. The standard InChI is InChI=1S/C23H19F2N3O/c24-17-7-5-16(6-8-17)15-22-27-20-3-1-2-4-21(20)28(22)14-13-23(29)26-19-11-9-18(25)10-12-19/h1-12H,13-15H2,(H,26,29). The predicted octanol–water partition coefficient (Wildman–Crippen LogP) is 4.93. The van der Waals surface area contributed by atoms with Crippen LogP contribution in [0.15, 0.2) is 72.8 Å². The van der Waals surface area contributed by atoms with Crippen LogP contribution in [0.25, 0.3) is 11.0 Å². The van der Waals surface area contributed by atoms with Crippen LogP contribution in [0.3, 0.4) is 0 Å². The third-order valence-electron chi connectivity index (χ3n) is 4.70. The number of benzene rings is 3. The van der Waals surface area contributed by atoms with Crippen molar-refractivity contribution in [1.29, 1.82) is 0 Å². The van der Waals surface area contributed by atoms with E-state index in [1.807, 2.05) is 28.8 Å². The highest BCUT2D eigenvalue weighted by Crippen LogP contribution is 2.20. The van der Waals surface area contributed by atoms with Gasteiger partial charge in [-0.2, -0.15) is 0 Å². The summed E-state index contributed by atoms with van der Waals surface area (Å²) in [5.41, 5.74) is 3.29. The lowest BCUT2D eigenvalue weighted by atomic mass is 10.1. The van der Waals surface area contributed by atoms with Gasteiger partial charge in [0.25, 0.3) is 0 Å². The molecule has 0 spiro atoms. The summed E-state index contributed by atoms with van der Waals surface area (Å²) in [6.45, 7) is 0.448. The number of aryl methyl sites for hydroxylation is 1. The van der Waals surface area contributed by atoms with Gasteiger partial charge in [0.2, 0.25) is 5.91 Å². The van der Waals surface area contributed by atoms with Crippen LogP contribution in [0, 0.1) is 11.6 Å². The van der Waals surface area contributed by atoms with Gasteiger partial charge in [-0.1, -0.05) is 24.3 Å². The first-order valence-electron chi connectivity index (χ1n) is 9.32. The van der Waals surface area contributed by atoms with E-state index in [2.05, 4.69) is 5.32 Å². The lowest BCUT2D eigenvalue weighted by Crippen LogP contribution is -2.15. The van der Waals surface area contributed by atoms with Crippen LogP contribution in [-0.2, 0) is 17.8 Å². The van der Waals surface area contributed by atoms with Crippen LogP contribution in [0.5, 0.6) is 0 Å². The maximum absolute atomic E-state index is 13.2. The van der Waals surface area contributed by atoms with Crippen LogP contribution in [0.4, 0.5) is 14.5 Å². The van der Waals surface area contributed by atoms with Crippen molar-refractivity contribution in [3.05, 3.63) is 95.8 Å². The van der Waals surface area contributed by atoms with Crippen LogP contribution in [0.2, 0.25) is 0 Å². The Labute approximate surface area is 166 Å². The molecule has 4 nitrogen and oxygen atoms in total. The van der Waals surface area contributed by atoms with Crippen LogP contribution < -0.4 is 5.32 Å². The van der Waals surface area contributed by atoms with Gasteiger partial charge in [-0.15, -0.1) is 0 Å². The molecule has 0 atom stereocenters. The zero-order valence-electron chi connectivity index (χ0n) is 15.6. The maximum atomic E-state index is 13.2. The number of anilines is 1. The molecule has 4 rings (SSSR count). The van der Waals surface area contributed by atoms with Crippen LogP contribution >= 0.6 is 0 Å². The molecule has 0 aliphatic rings. The second-order valence-electron chi connectivity index (χ2n) is 6.78. The summed E-state index contributed by atoms with van der Waals surface area (Å²) in [7, 11) is 0. The molecule has 4 aromatic rings. The number of imidazole rings is 1. The maximum Gasteiger partial charge on any atom is 0.226 e. The van der Waals surface area contributed by atoms with E-state index < -0.39 is 0 Å². The Kier molecular flexibility index (Phi) is 5.33. The summed E-state index contributed by atoms with van der Waals surface area (Å²) in [4.78, 5) is 17.1. The highest BCUT2D eigenvalue weighted by Gasteiger charge is 2.13. The van der Waals surface area contributed by atoms with E-state index in [9.17, 15) is 13.6 Å². The van der Waals surface area contributed by atoms with E-state index in [0.29, 0.717) is 18.7 Å². The number of amides is 1. The minimum Gasteiger partial charge on any atom is -0.327 e. The number of nitrogens with zero attached hydrogens (tertiary/aromatic N) is 2. The molecule has 0 saturated carbocycles. The lowest BCUT2D eigenvalue weighted by molar-refractivity contribution is -0.116. The van der Waals surface area contributed by atoms with Crippen LogP contribution in [0.1, 0.15) is 17.8 Å². The smallest absolute Gasteiger partial charge is 0.226 e. The topological polar surface area (TPSA) is 46.9 Å². The largest absolute Gasteiger partial charge is 0.327 e. The van der Waals surface area contributed by atoms with Crippen molar-refractivity contribution < 1.29 is 13.6 Å². The molecule has 29 heavy (non-hydrogen) atoms. The summed E-state index contributed by atoms with van der Waals surface area (Å²) in [5, 5.41) is 2.77. The quantitative estimate of drug-likeness (QED) is 0.506. The molecule has 1 aromatic heterocycles. The number of para-hydroxylation sites is 2. The predicted molar refractivity (Wildman–Crippen MR) is 109 cm³/mol. The molecule has 6 heteroatoms. The van der Waals surface area contributed by atoms with Crippen molar-refractivity contribution in [3.63, 3.8) is 0 Å². The Morgan fingerprint density at radius 3 is 2.28 bits per heavy atom. The average molecular weight is 391 g/mol. The number of fused-ring (bicyclic) bond motifs is 1. The normalized spacial score (nSPS) is 11.0. The summed E-state index contributed by atoms with van der Waals surface area (Å²) in [5.74, 6) is 0.0209. The molecule has 0 saturated heterocycles. The first kappa shape index (κ1) is 18.8. The van der Waals surface area contributed by atoms with E-state index in [1.165, 1.54) is 36.4 Å². The van der Waals surface area contributed by atoms with Gasteiger partial charge >= 0.3 is 0 Å². The highest BCUT2D eigenvalue weighted by molar-refractivity contribution is 5.90. The third kappa shape index (κ3) is 4.48. The van der Waals surface area contributed by atoms with Gasteiger partial charge in [-0.05, 0) is 54.1 Å². The summed E-state index contributed by atoms with van der Waals surface area (Å²) >= 11 is 0. The van der Waals surface area contributed by atoms with E-state index in [1.54, 1.807) is 12.1 Å². The Morgan fingerprint density at radius 1 is 0.897 bits per heavy atom. The van der Waals surface area contributed by atoms with Crippen LogP contribution in [-0.4, -0.2) is 15.5 Å². The zero-order chi connectivity index (χ0) is 20.2. The number of carbonyl (C=O) groups excluding carboxylic acids is 1. The van der Waals surface area contributed by atoms with Crippen molar-refractivity contribution in [2.75, 3.05) is 5.32 Å². The summed E-state index contributed by atoms with van der Waals surface area (Å²) in [6.07, 6.45) is 0.780. The molecule has 0 radical (unpaired) electrons. The van der Waals surface area contributed by atoms with Crippen molar-refractivity contribution in [2.45, 2.75) is 19.4 Å². The second-order valence-corrected chi connectivity index (χ2v) is 6.78. The van der Waals surface area contributed by atoms with E-state index in [4.69, 9.17) is 4.98 Å². The summed E-state index contributed by atoms with van der Waals surface area (Å²) in [6, 6.07) is 19.7. The molecule has 0 unspecified atom stereocenters. The summed E-state index contributed by atoms with van der Waals surface area (Å²) < 4.78 is 28.2. The fourth-order valence-electron chi connectivity index (χ4n) is 3.26. The molecule has 0 fully saturated rings. The second kappa shape index (κ2) is 8.22. The first-order valence-corrected chi connectivity index (χ1v) is 9.32. The van der Waals surface area contributed by atoms with E-state index in [-0.39, 0.29) is 24.0 Å². The molecule has 146 valence electrons. The fourth-order valence-corrected chi connectivity index (χ4v) is 3.26. The Hall–Kier alpha value is -3.54. The molecule has 0 bridgehead atoms. The molecule has 1 heterocycles. The van der Waals surface area contributed by atoms with Crippen molar-refractivity contribution in [3.8, 4) is 0 Å². The van der Waals surface area contributed by atoms with Gasteiger partial charge in [0, 0.05) is 25.1 Å². The minimum atomic E-state index is -0.349. The van der Waals surface area contributed by atoms with Gasteiger partial charge in [0.15, 0.2) is 0 Å². The van der Waals surface area contributed by atoms with Crippen molar-refractivity contribution >= 4 is 22.6 Å². The molecule has 0 aliphatic heterocycles. The number of nitrogens with one attached hydrogen (secondary N) is 1. The molecule has 3 aromatic carbocycles. The third-order valence-corrected chi connectivity index (χ3v) is 4.70. The van der Waals surface area contributed by atoms with E-state index >= 15 is 0 Å². The molecule has 1 amide bonds. The SMILES string of the molecule is O=C(CCn1c(Cc2ccc(F)cc2)nc2ccccc21)Nc1ccc(F)cc1. The van der Waals surface area contributed by atoms with E-state index in [0.717, 1.165) is 22.4 Å². The molecular weight excluding hydrogens is 372 g/mol. The number of hydrogen-bond acceptors (Lipinski definition) is 2. The van der Waals surface area contributed by atoms with Gasteiger partial charge in [0.1, 0.15) is 17.5 Å². The van der Waals surface area contributed by atoms with Crippen molar-refractivity contribution in [2.24, 2.45) is 0 Å². The number of carbonyl (C=O) groups is 1. The Morgan fingerprint density at radius 2 is 1.55 bits per heavy atom. The molecule has 0 aliphatic carbocycles. The fraction of sp³-hybridized carbons (Fsp3) is 0.130. The highest BCUT2D eigenvalue weighted by atomic mass is 19.1.